The zero-order valence-corrected chi connectivity index (χ0v) is 20.8. The Morgan fingerprint density at radius 1 is 0.949 bits per heavy atom. The number of hydrogen-bond donors (Lipinski definition) is 2. The van der Waals surface area contributed by atoms with E-state index >= 15 is 0 Å². The largest absolute Gasteiger partial charge is 0.496 e. The monoisotopic (exact) mass is 537 g/mol. The van der Waals surface area contributed by atoms with Crippen LogP contribution in [0.25, 0.3) is 11.1 Å². The second kappa shape index (κ2) is 10.6. The number of hydrogen-bond acceptors (Lipinski definition) is 5. The maximum atomic E-state index is 14.5. The van der Waals surface area contributed by atoms with Crippen LogP contribution in [-0.2, 0) is 10.3 Å². The van der Waals surface area contributed by atoms with Crippen LogP contribution in [0.5, 0.6) is 5.75 Å². The van der Waals surface area contributed by atoms with E-state index in [1.807, 2.05) is 61.5 Å². The van der Waals surface area contributed by atoms with Gasteiger partial charge in [-0.25, -0.2) is 14.8 Å². The van der Waals surface area contributed by atoms with Gasteiger partial charge < -0.3 is 15.6 Å². The van der Waals surface area contributed by atoms with Crippen molar-refractivity contribution in [2.24, 2.45) is 10.7 Å². The van der Waals surface area contributed by atoms with Gasteiger partial charge in [0.2, 0.25) is 5.95 Å². The summed E-state index contributed by atoms with van der Waals surface area (Å²) in [5.41, 5.74) is 11.5. The number of rotatable bonds is 4. The van der Waals surface area contributed by atoms with Gasteiger partial charge in [0.25, 0.3) is 0 Å². The van der Waals surface area contributed by atoms with Crippen LogP contribution in [0.15, 0.2) is 90.1 Å². The number of nitrogens with two attached hydrogens (primary N) is 1. The lowest BCUT2D eigenvalue weighted by molar-refractivity contribution is -0.192. The highest BCUT2D eigenvalue weighted by Crippen LogP contribution is 2.47. The number of aryl methyl sites for hydroxylation is 1. The van der Waals surface area contributed by atoms with Gasteiger partial charge in [-0.15, -0.1) is 0 Å². The highest BCUT2D eigenvalue weighted by atomic mass is 19.4. The fourth-order valence-electron chi connectivity index (χ4n) is 4.55. The van der Waals surface area contributed by atoms with Crippen molar-refractivity contribution in [1.82, 2.24) is 4.98 Å². The van der Waals surface area contributed by atoms with E-state index in [4.69, 9.17) is 25.4 Å². The van der Waals surface area contributed by atoms with Crippen molar-refractivity contribution in [3.8, 4) is 16.9 Å². The number of halogens is 4. The molecule has 1 atom stereocenters. The molecular weight excluding hydrogens is 514 g/mol. The van der Waals surface area contributed by atoms with Crippen molar-refractivity contribution in [3.63, 3.8) is 0 Å². The van der Waals surface area contributed by atoms with Crippen molar-refractivity contribution in [1.29, 1.82) is 0 Å². The first-order chi connectivity index (χ1) is 18.5. The Morgan fingerprint density at radius 2 is 1.62 bits per heavy atom. The molecule has 0 spiro atoms. The molecule has 2 heterocycles. The molecule has 0 radical (unpaired) electrons. The number of amidine groups is 1. The summed E-state index contributed by atoms with van der Waals surface area (Å²) in [7, 11) is 1.66. The van der Waals surface area contributed by atoms with Crippen molar-refractivity contribution >= 4 is 11.8 Å². The molecule has 1 aliphatic rings. The summed E-state index contributed by atoms with van der Waals surface area (Å²) < 4.78 is 51.7. The second-order valence-electron chi connectivity index (χ2n) is 8.66. The van der Waals surface area contributed by atoms with Gasteiger partial charge in [0, 0.05) is 17.3 Å². The number of benzene rings is 3. The predicted octanol–water partition coefficient (Wildman–Crippen LogP) is 5.85. The van der Waals surface area contributed by atoms with Crippen LogP contribution in [-0.4, -0.2) is 35.2 Å². The number of carboxylic acids is 1. The molecule has 6 nitrogen and oxygen atoms in total. The maximum absolute atomic E-state index is 14.5. The number of carbonyl (C=O) groups is 1. The van der Waals surface area contributed by atoms with Gasteiger partial charge in [-0.2, -0.15) is 17.6 Å². The molecule has 5 rings (SSSR count). The third-order valence-electron chi connectivity index (χ3n) is 6.29. The van der Waals surface area contributed by atoms with Crippen LogP contribution in [0.3, 0.4) is 0 Å². The number of fused-ring (bicyclic) bond motifs is 1. The molecule has 1 aliphatic heterocycles. The SMILES string of the molecule is COc1ccc(C2(c3cccc(-c4cccnc4F)c3)N=C(N)c3ccccc32)cc1C.O=C(O)C(F)(F)F. The summed E-state index contributed by atoms with van der Waals surface area (Å²) in [4.78, 5) is 17.7. The Balaban J connectivity index is 0.000000448. The molecule has 10 heteroatoms. The Hall–Kier alpha value is -4.73. The van der Waals surface area contributed by atoms with E-state index in [0.717, 1.165) is 39.1 Å². The topological polar surface area (TPSA) is 97.8 Å². The summed E-state index contributed by atoms with van der Waals surface area (Å²) in [5, 5.41) is 7.12. The first-order valence-electron chi connectivity index (χ1n) is 11.6. The van der Waals surface area contributed by atoms with Gasteiger partial charge in [0.05, 0.1) is 7.11 Å². The average molecular weight is 538 g/mol. The zero-order valence-electron chi connectivity index (χ0n) is 20.8. The number of aromatic nitrogens is 1. The van der Waals surface area contributed by atoms with E-state index in [2.05, 4.69) is 17.1 Å². The third-order valence-corrected chi connectivity index (χ3v) is 6.29. The van der Waals surface area contributed by atoms with E-state index in [1.54, 1.807) is 19.2 Å². The number of carboxylic acid groups (broad SMARTS) is 1. The fourth-order valence-corrected chi connectivity index (χ4v) is 4.55. The molecule has 0 amide bonds. The molecule has 200 valence electrons. The first-order valence-corrected chi connectivity index (χ1v) is 11.6. The molecule has 0 bridgehead atoms. The van der Waals surface area contributed by atoms with E-state index in [1.165, 1.54) is 6.20 Å². The normalized spacial score (nSPS) is 16.0. The Bertz CT molecular complexity index is 1570. The summed E-state index contributed by atoms with van der Waals surface area (Å²) in [5.74, 6) is -1.98. The number of nitrogens with zero attached hydrogens (tertiary/aromatic N) is 2. The predicted molar refractivity (Wildman–Crippen MR) is 138 cm³/mol. The van der Waals surface area contributed by atoms with Gasteiger partial charge in [-0.3, -0.25) is 0 Å². The molecule has 0 saturated heterocycles. The minimum absolute atomic E-state index is 0.443. The van der Waals surface area contributed by atoms with Gasteiger partial charge in [-0.05, 0) is 65.1 Å². The average Bonchev–Trinajstić information content (AvgIpc) is 3.22. The smallest absolute Gasteiger partial charge is 0.490 e. The number of ether oxygens (including phenoxy) is 1. The minimum atomic E-state index is -5.08. The van der Waals surface area contributed by atoms with Crippen molar-refractivity contribution in [3.05, 3.63) is 119 Å². The van der Waals surface area contributed by atoms with Crippen LogP contribution in [0, 0.1) is 12.9 Å². The highest BCUT2D eigenvalue weighted by molar-refractivity contribution is 6.03. The van der Waals surface area contributed by atoms with Gasteiger partial charge in [0.15, 0.2) is 0 Å². The van der Waals surface area contributed by atoms with Crippen LogP contribution in [0.1, 0.15) is 27.8 Å². The van der Waals surface area contributed by atoms with Gasteiger partial charge in [0.1, 0.15) is 17.1 Å². The Kier molecular flexibility index (Phi) is 7.40. The molecular formula is C29H23F4N3O3. The van der Waals surface area contributed by atoms with E-state index < -0.39 is 23.6 Å². The zero-order chi connectivity index (χ0) is 28.4. The van der Waals surface area contributed by atoms with E-state index in [-0.39, 0.29) is 0 Å². The maximum Gasteiger partial charge on any atom is 0.490 e. The highest BCUT2D eigenvalue weighted by Gasteiger charge is 2.43. The molecule has 4 aromatic rings. The standard InChI is InChI=1S/C27H22FN3O.C2HF3O2/c1-17-15-20(12-13-24(17)32-2)27(23-11-4-3-9-22(23)26(29)31-27)19-8-5-7-18(16-19)21-10-6-14-30-25(21)28;3-2(4,5)1(6)7/h3-16H,1-2H3,(H2,29,31);(H,6,7). The van der Waals surface area contributed by atoms with Crippen molar-refractivity contribution in [2.45, 2.75) is 18.6 Å². The third kappa shape index (κ3) is 5.18. The summed E-state index contributed by atoms with van der Waals surface area (Å²) in [6.45, 7) is 2.01. The fraction of sp³-hybridized carbons (Fsp3) is 0.138. The lowest BCUT2D eigenvalue weighted by atomic mass is 9.76. The van der Waals surface area contributed by atoms with Crippen LogP contribution < -0.4 is 10.5 Å². The quantitative estimate of drug-likeness (QED) is 0.252. The van der Waals surface area contributed by atoms with Crippen molar-refractivity contribution < 1.29 is 32.2 Å². The molecule has 0 aliphatic carbocycles. The first kappa shape index (κ1) is 27.3. The Labute approximate surface area is 221 Å². The van der Waals surface area contributed by atoms with Gasteiger partial charge >= 0.3 is 12.1 Å². The Morgan fingerprint density at radius 3 is 2.26 bits per heavy atom. The molecule has 1 aromatic heterocycles. The molecule has 0 fully saturated rings. The van der Waals surface area contributed by atoms with Crippen LogP contribution in [0.2, 0.25) is 0 Å². The number of aliphatic carboxylic acids is 1. The summed E-state index contributed by atoms with van der Waals surface area (Å²) in [6, 6.07) is 25.3. The lowest BCUT2D eigenvalue weighted by Crippen LogP contribution is -2.25. The minimum Gasteiger partial charge on any atom is -0.496 e. The van der Waals surface area contributed by atoms with Crippen LogP contribution in [0.4, 0.5) is 17.6 Å². The van der Waals surface area contributed by atoms with E-state index in [0.29, 0.717) is 11.4 Å². The number of methoxy groups -OCH3 is 1. The van der Waals surface area contributed by atoms with Crippen molar-refractivity contribution in [2.75, 3.05) is 7.11 Å². The molecule has 1 unspecified atom stereocenters. The van der Waals surface area contributed by atoms with Crippen LogP contribution >= 0.6 is 0 Å². The number of alkyl halides is 3. The molecule has 0 saturated carbocycles. The second-order valence-corrected chi connectivity index (χ2v) is 8.66. The van der Waals surface area contributed by atoms with Gasteiger partial charge in [-0.1, -0.05) is 48.5 Å². The number of aliphatic imine (C=N–C) groups is 1. The summed E-state index contributed by atoms with van der Waals surface area (Å²) in [6.07, 6.45) is -3.64. The lowest BCUT2D eigenvalue weighted by Gasteiger charge is -2.30. The summed E-state index contributed by atoms with van der Waals surface area (Å²) >= 11 is 0. The van der Waals surface area contributed by atoms with E-state index in [9.17, 15) is 17.6 Å². The molecule has 3 aromatic carbocycles. The molecule has 3 N–H and O–H groups in total. The molecule has 39 heavy (non-hydrogen) atoms. The number of pyridine rings is 1.